The number of pyridine rings is 1. The van der Waals surface area contributed by atoms with E-state index in [1.165, 1.54) is 5.56 Å². The molecule has 0 saturated carbocycles. The van der Waals surface area contributed by atoms with Crippen molar-refractivity contribution in [3.8, 4) is 0 Å². The molecule has 1 heterocycles. The van der Waals surface area contributed by atoms with Gasteiger partial charge in [-0.05, 0) is 24.5 Å². The molecular formula is C8H10N. The standard InChI is InChI=1S/C8H10N/c1-2-4-8-5-3-6-9-7-8/h2-3,5-7H,4H2,1H3. The molecule has 0 atom stereocenters. The van der Waals surface area contributed by atoms with Gasteiger partial charge < -0.3 is 0 Å². The van der Waals surface area contributed by atoms with Crippen LogP contribution in [0.1, 0.15) is 12.5 Å². The fraction of sp³-hybridized carbons (Fsp3) is 0.250. The van der Waals surface area contributed by atoms with Gasteiger partial charge in [0.25, 0.3) is 0 Å². The molecule has 1 rings (SSSR count). The van der Waals surface area contributed by atoms with Gasteiger partial charge in [-0.15, -0.1) is 0 Å². The molecule has 9 heavy (non-hydrogen) atoms. The lowest BCUT2D eigenvalue weighted by Crippen LogP contribution is -1.82. The molecule has 0 fully saturated rings. The molecule has 47 valence electrons. The topological polar surface area (TPSA) is 12.9 Å². The number of hydrogen-bond acceptors (Lipinski definition) is 1. The summed E-state index contributed by atoms with van der Waals surface area (Å²) in [6, 6.07) is 4.03. The van der Waals surface area contributed by atoms with E-state index in [4.69, 9.17) is 0 Å². The second-order valence-corrected chi connectivity index (χ2v) is 1.97. The molecule has 0 N–H and O–H groups in total. The van der Waals surface area contributed by atoms with Gasteiger partial charge in [-0.2, -0.15) is 0 Å². The lowest BCUT2D eigenvalue weighted by atomic mass is 10.2. The van der Waals surface area contributed by atoms with Gasteiger partial charge in [0.15, 0.2) is 0 Å². The highest BCUT2D eigenvalue weighted by molar-refractivity contribution is 5.10. The van der Waals surface area contributed by atoms with Gasteiger partial charge in [0.05, 0.1) is 0 Å². The van der Waals surface area contributed by atoms with E-state index in [1.807, 2.05) is 19.2 Å². The predicted octanol–water partition coefficient (Wildman–Crippen LogP) is 1.85. The Morgan fingerprint density at radius 3 is 3.11 bits per heavy atom. The highest BCUT2D eigenvalue weighted by Crippen LogP contribution is 1.97. The molecule has 1 nitrogen and oxygen atoms in total. The average molecular weight is 120 g/mol. The van der Waals surface area contributed by atoms with Crippen molar-refractivity contribution in [3.63, 3.8) is 0 Å². The van der Waals surface area contributed by atoms with E-state index in [0.29, 0.717) is 0 Å². The Morgan fingerprint density at radius 1 is 1.67 bits per heavy atom. The maximum atomic E-state index is 3.98. The SMILES string of the molecule is C[CH]Cc1cccnc1. The molecule has 1 aromatic rings. The van der Waals surface area contributed by atoms with Crippen LogP contribution in [0.4, 0.5) is 0 Å². The van der Waals surface area contributed by atoms with Crippen molar-refractivity contribution in [2.24, 2.45) is 0 Å². The summed E-state index contributed by atoms with van der Waals surface area (Å²) in [6.07, 6.45) is 6.82. The summed E-state index contributed by atoms with van der Waals surface area (Å²) in [4.78, 5) is 3.98. The first-order valence-corrected chi connectivity index (χ1v) is 3.10. The van der Waals surface area contributed by atoms with Crippen LogP contribution in [0, 0.1) is 6.42 Å². The normalized spacial score (nSPS) is 9.44. The Balaban J connectivity index is 2.61. The number of hydrogen-bond donors (Lipinski definition) is 0. The Bertz CT molecular complexity index is 157. The minimum absolute atomic E-state index is 1.02. The van der Waals surface area contributed by atoms with Crippen LogP contribution in [-0.4, -0.2) is 4.98 Å². The number of rotatable bonds is 2. The molecule has 0 bridgehead atoms. The second kappa shape index (κ2) is 3.23. The first-order chi connectivity index (χ1) is 4.43. The molecule has 1 aromatic heterocycles. The van der Waals surface area contributed by atoms with Crippen molar-refractivity contribution >= 4 is 0 Å². The van der Waals surface area contributed by atoms with Crippen LogP contribution in [0.5, 0.6) is 0 Å². The van der Waals surface area contributed by atoms with Crippen molar-refractivity contribution in [2.45, 2.75) is 13.3 Å². The lowest BCUT2D eigenvalue weighted by molar-refractivity contribution is 1.11. The van der Waals surface area contributed by atoms with Crippen molar-refractivity contribution in [2.75, 3.05) is 0 Å². The van der Waals surface area contributed by atoms with Gasteiger partial charge in [0, 0.05) is 12.4 Å². The molecule has 0 unspecified atom stereocenters. The van der Waals surface area contributed by atoms with Gasteiger partial charge in [-0.25, -0.2) is 0 Å². The fourth-order valence-corrected chi connectivity index (χ4v) is 0.755. The number of nitrogens with zero attached hydrogens (tertiary/aromatic N) is 1. The Hall–Kier alpha value is -0.850. The van der Waals surface area contributed by atoms with E-state index >= 15 is 0 Å². The maximum Gasteiger partial charge on any atom is 0.0299 e. The highest BCUT2D eigenvalue weighted by Gasteiger charge is 1.85. The van der Waals surface area contributed by atoms with Crippen LogP contribution in [-0.2, 0) is 6.42 Å². The molecular weight excluding hydrogens is 110 g/mol. The van der Waals surface area contributed by atoms with Crippen molar-refractivity contribution in [1.82, 2.24) is 4.98 Å². The minimum atomic E-state index is 1.02. The summed E-state index contributed by atoms with van der Waals surface area (Å²) in [5.41, 5.74) is 1.28. The van der Waals surface area contributed by atoms with E-state index in [1.54, 1.807) is 6.20 Å². The quantitative estimate of drug-likeness (QED) is 0.580. The largest absolute Gasteiger partial charge is 0.264 e. The lowest BCUT2D eigenvalue weighted by Gasteiger charge is -1.92. The van der Waals surface area contributed by atoms with Crippen molar-refractivity contribution in [1.29, 1.82) is 0 Å². The highest BCUT2D eigenvalue weighted by atomic mass is 14.6. The molecule has 1 radical (unpaired) electrons. The third-order valence-electron chi connectivity index (χ3n) is 1.16. The smallest absolute Gasteiger partial charge is 0.0299 e. The first kappa shape index (κ1) is 6.27. The van der Waals surface area contributed by atoms with E-state index in [0.717, 1.165) is 6.42 Å². The van der Waals surface area contributed by atoms with Crippen LogP contribution in [0.25, 0.3) is 0 Å². The molecule has 0 aromatic carbocycles. The Labute approximate surface area is 55.7 Å². The number of aromatic nitrogens is 1. The van der Waals surface area contributed by atoms with Gasteiger partial charge in [-0.1, -0.05) is 13.0 Å². The van der Waals surface area contributed by atoms with Gasteiger partial charge in [0.1, 0.15) is 0 Å². The van der Waals surface area contributed by atoms with E-state index in [2.05, 4.69) is 17.5 Å². The molecule has 0 spiro atoms. The summed E-state index contributed by atoms with van der Waals surface area (Å²) in [7, 11) is 0. The van der Waals surface area contributed by atoms with Gasteiger partial charge in [0.2, 0.25) is 0 Å². The Kier molecular flexibility index (Phi) is 2.25. The van der Waals surface area contributed by atoms with Crippen LogP contribution in [0.3, 0.4) is 0 Å². The summed E-state index contributed by atoms with van der Waals surface area (Å²) in [5.74, 6) is 0. The summed E-state index contributed by atoms with van der Waals surface area (Å²) < 4.78 is 0. The zero-order valence-corrected chi connectivity index (χ0v) is 5.54. The summed E-state index contributed by atoms with van der Waals surface area (Å²) >= 11 is 0. The van der Waals surface area contributed by atoms with E-state index in [-0.39, 0.29) is 0 Å². The van der Waals surface area contributed by atoms with Crippen molar-refractivity contribution < 1.29 is 0 Å². The van der Waals surface area contributed by atoms with E-state index in [9.17, 15) is 0 Å². The molecule has 0 aliphatic carbocycles. The van der Waals surface area contributed by atoms with Gasteiger partial charge in [-0.3, -0.25) is 4.98 Å². The zero-order valence-electron chi connectivity index (χ0n) is 5.54. The van der Waals surface area contributed by atoms with Crippen LogP contribution < -0.4 is 0 Å². The third kappa shape index (κ3) is 1.84. The minimum Gasteiger partial charge on any atom is -0.264 e. The Morgan fingerprint density at radius 2 is 2.56 bits per heavy atom. The molecule has 0 saturated heterocycles. The predicted molar refractivity (Wildman–Crippen MR) is 37.9 cm³/mol. The maximum absolute atomic E-state index is 3.98. The van der Waals surface area contributed by atoms with Gasteiger partial charge >= 0.3 is 0 Å². The molecule has 0 amide bonds. The van der Waals surface area contributed by atoms with Crippen LogP contribution >= 0.6 is 0 Å². The summed E-state index contributed by atoms with van der Waals surface area (Å²) in [6.45, 7) is 2.05. The summed E-state index contributed by atoms with van der Waals surface area (Å²) in [5, 5.41) is 0. The average Bonchev–Trinajstić information content (AvgIpc) is 1.91. The monoisotopic (exact) mass is 120 g/mol. The zero-order chi connectivity index (χ0) is 6.53. The second-order valence-electron chi connectivity index (χ2n) is 1.97. The fourth-order valence-electron chi connectivity index (χ4n) is 0.755. The van der Waals surface area contributed by atoms with Crippen LogP contribution in [0.2, 0.25) is 0 Å². The van der Waals surface area contributed by atoms with Crippen LogP contribution in [0.15, 0.2) is 24.5 Å². The third-order valence-corrected chi connectivity index (χ3v) is 1.16. The first-order valence-electron chi connectivity index (χ1n) is 3.10. The van der Waals surface area contributed by atoms with Crippen molar-refractivity contribution in [3.05, 3.63) is 36.5 Å². The van der Waals surface area contributed by atoms with E-state index < -0.39 is 0 Å². The molecule has 1 heteroatoms. The molecule has 0 aliphatic rings. The molecule has 0 aliphatic heterocycles.